The molecule has 0 bridgehead atoms. The predicted molar refractivity (Wildman–Crippen MR) is 69.0 cm³/mol. The van der Waals surface area contributed by atoms with Crippen molar-refractivity contribution in [3.63, 3.8) is 0 Å². The molecule has 1 fully saturated rings. The molecule has 0 aliphatic carbocycles. The van der Waals surface area contributed by atoms with Crippen molar-refractivity contribution in [3.8, 4) is 0 Å². The Hall–Kier alpha value is -1.96. The molecule has 7 nitrogen and oxygen atoms in total. The van der Waals surface area contributed by atoms with Gasteiger partial charge in [-0.1, -0.05) is 11.3 Å². The molecule has 0 unspecified atom stereocenters. The quantitative estimate of drug-likeness (QED) is 0.742. The Bertz CT molecular complexity index is 597. The molecule has 100 valence electrons. The molecule has 2 aromatic rings. The standard InChI is InChI=1S/C11H13N5O2S/c1-8(17)14-2-4-15(5-3-14)10(18)9-6-16-11(13-9)19-7-12-16/h6-7H,2-5H2,1H3. The zero-order valence-electron chi connectivity index (χ0n) is 10.4. The van der Waals surface area contributed by atoms with Gasteiger partial charge >= 0.3 is 0 Å². The number of carbonyl (C=O) groups is 2. The first-order valence-electron chi connectivity index (χ1n) is 5.99. The highest BCUT2D eigenvalue weighted by Crippen LogP contribution is 2.12. The van der Waals surface area contributed by atoms with E-state index in [4.69, 9.17) is 0 Å². The van der Waals surface area contributed by atoms with E-state index in [2.05, 4.69) is 10.1 Å². The fourth-order valence-corrected chi connectivity index (χ4v) is 2.73. The maximum Gasteiger partial charge on any atom is 0.274 e. The number of aromatic nitrogens is 3. The van der Waals surface area contributed by atoms with Gasteiger partial charge in [0, 0.05) is 33.1 Å². The Morgan fingerprint density at radius 3 is 2.53 bits per heavy atom. The van der Waals surface area contributed by atoms with Crippen molar-refractivity contribution < 1.29 is 9.59 Å². The average Bonchev–Trinajstić information content (AvgIpc) is 2.98. The van der Waals surface area contributed by atoms with Crippen LogP contribution in [0.2, 0.25) is 0 Å². The van der Waals surface area contributed by atoms with Gasteiger partial charge in [0.05, 0.1) is 6.20 Å². The van der Waals surface area contributed by atoms with Crippen molar-refractivity contribution in [2.24, 2.45) is 0 Å². The highest BCUT2D eigenvalue weighted by molar-refractivity contribution is 7.14. The largest absolute Gasteiger partial charge is 0.339 e. The summed E-state index contributed by atoms with van der Waals surface area (Å²) in [5.74, 6) is -0.0419. The molecule has 19 heavy (non-hydrogen) atoms. The van der Waals surface area contributed by atoms with Crippen LogP contribution in [0.25, 0.3) is 4.96 Å². The van der Waals surface area contributed by atoms with Crippen LogP contribution in [0.3, 0.4) is 0 Å². The van der Waals surface area contributed by atoms with Crippen molar-refractivity contribution in [1.29, 1.82) is 0 Å². The summed E-state index contributed by atoms with van der Waals surface area (Å²) >= 11 is 1.39. The summed E-state index contributed by atoms with van der Waals surface area (Å²) in [6.07, 6.45) is 1.64. The van der Waals surface area contributed by atoms with Gasteiger partial charge in [-0.05, 0) is 0 Å². The number of amides is 2. The van der Waals surface area contributed by atoms with E-state index in [0.29, 0.717) is 36.8 Å². The normalized spacial score (nSPS) is 16.1. The number of hydrogen-bond acceptors (Lipinski definition) is 5. The Kier molecular flexibility index (Phi) is 2.94. The van der Waals surface area contributed by atoms with Crippen molar-refractivity contribution in [2.45, 2.75) is 6.92 Å². The Balaban J connectivity index is 1.71. The molecule has 8 heteroatoms. The average molecular weight is 279 g/mol. The SMILES string of the molecule is CC(=O)N1CCN(C(=O)c2cn3ncsc3n2)CC1. The molecular weight excluding hydrogens is 266 g/mol. The van der Waals surface area contributed by atoms with Gasteiger partial charge in [0.25, 0.3) is 5.91 Å². The number of nitrogens with zero attached hydrogens (tertiary/aromatic N) is 5. The third kappa shape index (κ3) is 2.19. The van der Waals surface area contributed by atoms with Crippen LogP contribution in [-0.4, -0.2) is 62.4 Å². The maximum atomic E-state index is 12.3. The van der Waals surface area contributed by atoms with Gasteiger partial charge in [-0.15, -0.1) is 0 Å². The summed E-state index contributed by atoms with van der Waals surface area (Å²) in [7, 11) is 0. The summed E-state index contributed by atoms with van der Waals surface area (Å²) in [5.41, 5.74) is 2.10. The first-order chi connectivity index (χ1) is 9.15. The van der Waals surface area contributed by atoms with E-state index in [0.717, 1.165) is 0 Å². The van der Waals surface area contributed by atoms with Gasteiger partial charge in [-0.3, -0.25) is 9.59 Å². The lowest BCUT2D eigenvalue weighted by Gasteiger charge is -2.33. The molecule has 0 atom stereocenters. The molecule has 2 aromatic heterocycles. The first kappa shape index (κ1) is 12.1. The summed E-state index contributed by atoms with van der Waals surface area (Å²) in [6.45, 7) is 3.82. The van der Waals surface area contributed by atoms with Crippen LogP contribution in [0.15, 0.2) is 11.7 Å². The lowest BCUT2D eigenvalue weighted by molar-refractivity contribution is -0.130. The second-order valence-electron chi connectivity index (χ2n) is 4.39. The molecule has 0 aromatic carbocycles. The Morgan fingerprint density at radius 2 is 1.89 bits per heavy atom. The second kappa shape index (κ2) is 4.61. The van der Waals surface area contributed by atoms with Crippen LogP contribution < -0.4 is 0 Å². The number of piperazine rings is 1. The molecule has 1 aliphatic rings. The van der Waals surface area contributed by atoms with Gasteiger partial charge in [0.1, 0.15) is 11.2 Å². The molecule has 1 aliphatic heterocycles. The zero-order chi connectivity index (χ0) is 13.4. The van der Waals surface area contributed by atoms with Gasteiger partial charge in [0.15, 0.2) is 0 Å². The number of hydrogen-bond donors (Lipinski definition) is 0. The van der Waals surface area contributed by atoms with E-state index in [-0.39, 0.29) is 11.8 Å². The number of carbonyl (C=O) groups excluding carboxylic acids is 2. The third-order valence-electron chi connectivity index (χ3n) is 3.22. The molecule has 3 rings (SSSR count). The third-order valence-corrected chi connectivity index (χ3v) is 3.91. The molecule has 2 amide bonds. The summed E-state index contributed by atoms with van der Waals surface area (Å²) in [4.78, 5) is 31.9. The minimum Gasteiger partial charge on any atom is -0.339 e. The van der Waals surface area contributed by atoms with Gasteiger partial charge in [-0.2, -0.15) is 5.10 Å². The van der Waals surface area contributed by atoms with Crippen LogP contribution in [0, 0.1) is 0 Å². The highest BCUT2D eigenvalue weighted by atomic mass is 32.1. The van der Waals surface area contributed by atoms with E-state index >= 15 is 0 Å². The van der Waals surface area contributed by atoms with Gasteiger partial charge in [-0.25, -0.2) is 9.50 Å². The van der Waals surface area contributed by atoms with Gasteiger partial charge in [0.2, 0.25) is 10.9 Å². The molecule has 0 spiro atoms. The fourth-order valence-electron chi connectivity index (χ4n) is 2.13. The molecule has 0 saturated carbocycles. The van der Waals surface area contributed by atoms with E-state index in [1.807, 2.05) is 0 Å². The molecular formula is C11H13N5O2S. The van der Waals surface area contributed by atoms with E-state index in [1.54, 1.807) is 32.9 Å². The van der Waals surface area contributed by atoms with Crippen LogP contribution in [-0.2, 0) is 4.79 Å². The second-order valence-corrected chi connectivity index (χ2v) is 5.20. The number of rotatable bonds is 1. The smallest absolute Gasteiger partial charge is 0.274 e. The lowest BCUT2D eigenvalue weighted by atomic mass is 10.3. The van der Waals surface area contributed by atoms with Crippen molar-refractivity contribution >= 4 is 28.1 Å². The highest BCUT2D eigenvalue weighted by Gasteiger charge is 2.25. The van der Waals surface area contributed by atoms with Crippen molar-refractivity contribution in [3.05, 3.63) is 17.4 Å². The summed E-state index contributed by atoms with van der Waals surface area (Å²) in [5, 5.41) is 4.05. The maximum absolute atomic E-state index is 12.3. The minimum absolute atomic E-state index is 0.0544. The predicted octanol–water partition coefficient (Wildman–Crippen LogP) is 0.0951. The summed E-state index contributed by atoms with van der Waals surface area (Å²) < 4.78 is 1.60. The summed E-state index contributed by atoms with van der Waals surface area (Å²) in [6, 6.07) is 0. The zero-order valence-corrected chi connectivity index (χ0v) is 11.3. The van der Waals surface area contributed by atoms with E-state index in [1.165, 1.54) is 11.3 Å². The fraction of sp³-hybridized carbons (Fsp3) is 0.455. The van der Waals surface area contributed by atoms with Crippen LogP contribution >= 0.6 is 11.3 Å². The van der Waals surface area contributed by atoms with Crippen molar-refractivity contribution in [2.75, 3.05) is 26.2 Å². The molecule has 0 N–H and O–H groups in total. The number of fused-ring (bicyclic) bond motifs is 1. The van der Waals surface area contributed by atoms with Crippen LogP contribution in [0.4, 0.5) is 0 Å². The van der Waals surface area contributed by atoms with Crippen LogP contribution in [0.1, 0.15) is 17.4 Å². The first-order valence-corrected chi connectivity index (χ1v) is 6.87. The Morgan fingerprint density at radius 1 is 1.21 bits per heavy atom. The Labute approximate surface area is 113 Å². The molecule has 0 radical (unpaired) electrons. The van der Waals surface area contributed by atoms with E-state index in [9.17, 15) is 9.59 Å². The van der Waals surface area contributed by atoms with Crippen molar-refractivity contribution in [1.82, 2.24) is 24.4 Å². The minimum atomic E-state index is -0.0964. The number of imidazole rings is 1. The molecule has 3 heterocycles. The lowest BCUT2D eigenvalue weighted by Crippen LogP contribution is -2.50. The van der Waals surface area contributed by atoms with E-state index < -0.39 is 0 Å². The molecule has 1 saturated heterocycles. The van der Waals surface area contributed by atoms with Gasteiger partial charge < -0.3 is 9.80 Å². The monoisotopic (exact) mass is 279 g/mol. The topological polar surface area (TPSA) is 70.8 Å². The van der Waals surface area contributed by atoms with Crippen LogP contribution in [0.5, 0.6) is 0 Å².